The number of ether oxygens (including phenoxy) is 1. The Labute approximate surface area is 159 Å². The van der Waals surface area contributed by atoms with E-state index in [4.69, 9.17) is 9.73 Å². The highest BCUT2D eigenvalue weighted by Gasteiger charge is 2.22. The Kier molecular flexibility index (Phi) is 7.23. The Morgan fingerprint density at radius 2 is 1.85 bits per heavy atom. The molecule has 0 amide bonds. The Morgan fingerprint density at radius 1 is 1.11 bits per heavy atom. The SMILES string of the molecule is CCNC(=NCCN1CCOCC1)N1CCN(c2cc(F)ccc2F)CC1. The predicted octanol–water partition coefficient (Wildman–Crippen LogP) is 1.38. The smallest absolute Gasteiger partial charge is 0.194 e. The van der Waals surface area contributed by atoms with Gasteiger partial charge in [-0.3, -0.25) is 9.89 Å². The summed E-state index contributed by atoms with van der Waals surface area (Å²) in [6, 6.07) is 3.61. The van der Waals surface area contributed by atoms with E-state index in [9.17, 15) is 8.78 Å². The molecule has 27 heavy (non-hydrogen) atoms. The van der Waals surface area contributed by atoms with Crippen molar-refractivity contribution in [1.82, 2.24) is 15.1 Å². The molecule has 6 nitrogen and oxygen atoms in total. The summed E-state index contributed by atoms with van der Waals surface area (Å²) in [7, 11) is 0. The molecule has 2 heterocycles. The summed E-state index contributed by atoms with van der Waals surface area (Å²) in [5.74, 6) is 0.105. The van der Waals surface area contributed by atoms with Crippen LogP contribution in [0.5, 0.6) is 0 Å². The maximum Gasteiger partial charge on any atom is 0.194 e. The van der Waals surface area contributed by atoms with Crippen molar-refractivity contribution in [3.63, 3.8) is 0 Å². The van der Waals surface area contributed by atoms with Crippen molar-refractivity contribution in [1.29, 1.82) is 0 Å². The van der Waals surface area contributed by atoms with Crippen molar-refractivity contribution in [3.05, 3.63) is 29.8 Å². The fraction of sp³-hybridized carbons (Fsp3) is 0.632. The number of nitrogens with one attached hydrogen (secondary N) is 1. The van der Waals surface area contributed by atoms with Crippen LogP contribution in [-0.4, -0.2) is 87.9 Å². The molecule has 1 N–H and O–H groups in total. The molecule has 0 unspecified atom stereocenters. The van der Waals surface area contributed by atoms with Crippen LogP contribution in [0, 0.1) is 11.6 Å². The fourth-order valence-electron chi connectivity index (χ4n) is 3.44. The van der Waals surface area contributed by atoms with Gasteiger partial charge in [-0.25, -0.2) is 8.78 Å². The molecule has 150 valence electrons. The average Bonchev–Trinajstić information content (AvgIpc) is 2.70. The highest BCUT2D eigenvalue weighted by atomic mass is 19.1. The molecule has 3 rings (SSSR count). The van der Waals surface area contributed by atoms with Gasteiger partial charge in [0.15, 0.2) is 5.96 Å². The summed E-state index contributed by atoms with van der Waals surface area (Å²) in [6.45, 7) is 10.7. The van der Waals surface area contributed by atoms with Crippen molar-refractivity contribution in [2.45, 2.75) is 6.92 Å². The first-order chi connectivity index (χ1) is 13.2. The number of hydrogen-bond acceptors (Lipinski definition) is 4. The standard InChI is InChI=1S/C19H29F2N5O/c1-2-22-19(23-5-6-24-11-13-27-14-12-24)26-9-7-25(8-10-26)18-15-16(20)3-4-17(18)21/h3-4,15H,2,5-14H2,1H3,(H,22,23). The van der Waals surface area contributed by atoms with Crippen LogP contribution in [0.1, 0.15) is 6.92 Å². The number of aliphatic imine (C=N–C) groups is 1. The Morgan fingerprint density at radius 3 is 2.56 bits per heavy atom. The number of anilines is 1. The van der Waals surface area contributed by atoms with E-state index in [-0.39, 0.29) is 5.82 Å². The van der Waals surface area contributed by atoms with Crippen LogP contribution in [0.15, 0.2) is 23.2 Å². The number of rotatable bonds is 5. The number of hydrogen-bond donors (Lipinski definition) is 1. The summed E-state index contributed by atoms with van der Waals surface area (Å²) in [4.78, 5) is 11.2. The monoisotopic (exact) mass is 381 g/mol. The lowest BCUT2D eigenvalue weighted by molar-refractivity contribution is 0.0394. The lowest BCUT2D eigenvalue weighted by Gasteiger charge is -2.38. The van der Waals surface area contributed by atoms with E-state index in [1.54, 1.807) is 0 Å². The normalized spacial score (nSPS) is 19.4. The van der Waals surface area contributed by atoms with Crippen molar-refractivity contribution < 1.29 is 13.5 Å². The molecule has 2 aliphatic heterocycles. The molecule has 0 aliphatic carbocycles. The Hall–Kier alpha value is -1.93. The van der Waals surface area contributed by atoms with Gasteiger partial charge in [0.1, 0.15) is 11.6 Å². The molecule has 8 heteroatoms. The first-order valence-electron chi connectivity index (χ1n) is 9.70. The van der Waals surface area contributed by atoms with E-state index in [1.165, 1.54) is 12.1 Å². The molecule has 1 aromatic rings. The molecule has 0 saturated carbocycles. The summed E-state index contributed by atoms with van der Waals surface area (Å²) in [5, 5.41) is 3.35. The highest BCUT2D eigenvalue weighted by Crippen LogP contribution is 2.21. The van der Waals surface area contributed by atoms with Crippen LogP contribution in [0.3, 0.4) is 0 Å². The predicted molar refractivity (Wildman–Crippen MR) is 103 cm³/mol. The van der Waals surface area contributed by atoms with Gasteiger partial charge in [-0.1, -0.05) is 0 Å². The van der Waals surface area contributed by atoms with Crippen LogP contribution in [0.2, 0.25) is 0 Å². The third-order valence-corrected chi connectivity index (χ3v) is 4.94. The van der Waals surface area contributed by atoms with Crippen LogP contribution in [-0.2, 0) is 4.74 Å². The largest absolute Gasteiger partial charge is 0.379 e. The topological polar surface area (TPSA) is 43.3 Å². The number of morpholine rings is 1. The van der Waals surface area contributed by atoms with Gasteiger partial charge in [0.05, 0.1) is 25.4 Å². The molecule has 2 fully saturated rings. The zero-order valence-corrected chi connectivity index (χ0v) is 16.0. The van der Waals surface area contributed by atoms with Crippen LogP contribution in [0.4, 0.5) is 14.5 Å². The third-order valence-electron chi connectivity index (χ3n) is 4.94. The van der Waals surface area contributed by atoms with Gasteiger partial charge in [0, 0.05) is 58.4 Å². The van der Waals surface area contributed by atoms with E-state index in [0.29, 0.717) is 18.8 Å². The van der Waals surface area contributed by atoms with Crippen molar-refractivity contribution in [3.8, 4) is 0 Å². The second-order valence-electron chi connectivity index (χ2n) is 6.76. The van der Waals surface area contributed by atoms with Crippen molar-refractivity contribution >= 4 is 11.6 Å². The molecule has 0 atom stereocenters. The van der Waals surface area contributed by atoms with Crippen LogP contribution in [0.25, 0.3) is 0 Å². The fourth-order valence-corrected chi connectivity index (χ4v) is 3.44. The zero-order chi connectivity index (χ0) is 19.1. The number of benzene rings is 1. The number of halogens is 2. The molecular formula is C19H29F2N5O. The maximum atomic E-state index is 14.0. The average molecular weight is 381 g/mol. The second-order valence-corrected chi connectivity index (χ2v) is 6.76. The number of guanidine groups is 1. The van der Waals surface area contributed by atoms with Gasteiger partial charge in [-0.05, 0) is 19.1 Å². The van der Waals surface area contributed by atoms with Gasteiger partial charge in [-0.15, -0.1) is 0 Å². The van der Waals surface area contributed by atoms with Crippen LogP contribution >= 0.6 is 0 Å². The Balaban J connectivity index is 1.54. The molecule has 0 radical (unpaired) electrons. The molecule has 2 saturated heterocycles. The third kappa shape index (κ3) is 5.52. The van der Waals surface area contributed by atoms with Gasteiger partial charge < -0.3 is 19.9 Å². The summed E-state index contributed by atoms with van der Waals surface area (Å²) in [6.07, 6.45) is 0. The Bertz CT molecular complexity index is 629. The minimum absolute atomic E-state index is 0.337. The lowest BCUT2D eigenvalue weighted by atomic mass is 10.2. The van der Waals surface area contributed by atoms with Gasteiger partial charge in [0.25, 0.3) is 0 Å². The van der Waals surface area contributed by atoms with Crippen molar-refractivity contribution in [2.75, 3.05) is 77.0 Å². The minimum atomic E-state index is -0.410. The van der Waals surface area contributed by atoms with E-state index in [0.717, 1.165) is 71.1 Å². The van der Waals surface area contributed by atoms with E-state index in [1.807, 2.05) is 4.90 Å². The van der Waals surface area contributed by atoms with Gasteiger partial charge in [-0.2, -0.15) is 0 Å². The first-order valence-corrected chi connectivity index (χ1v) is 9.70. The first kappa shape index (κ1) is 19.8. The summed E-state index contributed by atoms with van der Waals surface area (Å²) in [5.41, 5.74) is 0.337. The van der Waals surface area contributed by atoms with E-state index >= 15 is 0 Å². The molecule has 1 aromatic carbocycles. The highest BCUT2D eigenvalue weighted by molar-refractivity contribution is 5.80. The number of nitrogens with zero attached hydrogens (tertiary/aromatic N) is 4. The second kappa shape index (κ2) is 9.85. The number of piperazine rings is 1. The molecular weight excluding hydrogens is 352 g/mol. The molecule has 0 spiro atoms. The van der Waals surface area contributed by atoms with Crippen LogP contribution < -0.4 is 10.2 Å². The van der Waals surface area contributed by atoms with Gasteiger partial charge >= 0.3 is 0 Å². The van der Waals surface area contributed by atoms with E-state index in [2.05, 4.69) is 22.0 Å². The maximum absolute atomic E-state index is 14.0. The molecule has 0 bridgehead atoms. The summed E-state index contributed by atoms with van der Waals surface area (Å²) >= 11 is 0. The molecule has 0 aromatic heterocycles. The van der Waals surface area contributed by atoms with E-state index < -0.39 is 5.82 Å². The lowest BCUT2D eigenvalue weighted by Crippen LogP contribution is -2.53. The minimum Gasteiger partial charge on any atom is -0.379 e. The van der Waals surface area contributed by atoms with Crippen molar-refractivity contribution in [2.24, 2.45) is 4.99 Å². The molecule has 2 aliphatic rings. The summed E-state index contributed by atoms with van der Waals surface area (Å²) < 4.78 is 32.8. The van der Waals surface area contributed by atoms with Gasteiger partial charge in [0.2, 0.25) is 0 Å². The quantitative estimate of drug-likeness (QED) is 0.617. The zero-order valence-electron chi connectivity index (χ0n) is 16.0.